The number of nitrogens with zero attached hydrogens (tertiary/aromatic N) is 1. The van der Waals surface area contributed by atoms with Crippen LogP contribution in [0.15, 0.2) is 0 Å². The third-order valence-electron chi connectivity index (χ3n) is 2.87. The molecule has 0 spiro atoms. The van der Waals surface area contributed by atoms with Crippen molar-refractivity contribution in [2.75, 3.05) is 33.4 Å². The largest absolute Gasteiger partial charge is 0.380 e. The van der Waals surface area contributed by atoms with Crippen LogP contribution < -0.4 is 11.5 Å². The van der Waals surface area contributed by atoms with Crippen molar-refractivity contribution >= 4 is 5.91 Å². The summed E-state index contributed by atoms with van der Waals surface area (Å²) in [5.74, 6) is -0.429. The van der Waals surface area contributed by atoms with E-state index in [-0.39, 0.29) is 0 Å². The number of hydrogen-bond acceptors (Lipinski definition) is 4. The summed E-state index contributed by atoms with van der Waals surface area (Å²) in [6, 6.07) is 0. The Morgan fingerprint density at radius 2 is 2.00 bits per heavy atom. The van der Waals surface area contributed by atoms with Crippen LogP contribution in [0.2, 0.25) is 0 Å². The molecule has 0 rings (SSSR count). The van der Waals surface area contributed by atoms with Gasteiger partial charge in [0.05, 0.1) is 12.1 Å². The highest BCUT2D eigenvalue weighted by atomic mass is 16.5. The van der Waals surface area contributed by atoms with Gasteiger partial charge < -0.3 is 21.1 Å². The van der Waals surface area contributed by atoms with Crippen molar-refractivity contribution in [3.63, 3.8) is 0 Å². The average molecular weight is 245 g/mol. The van der Waals surface area contributed by atoms with Gasteiger partial charge in [-0.25, -0.2) is 0 Å². The number of ether oxygens (including phenoxy) is 1. The number of amides is 1. The molecule has 0 bridgehead atoms. The van der Waals surface area contributed by atoms with E-state index in [4.69, 9.17) is 16.2 Å². The minimum atomic E-state index is -0.871. The fraction of sp³-hybridized carbons (Fsp3) is 0.917. The Bertz CT molecular complexity index is 220. The quantitative estimate of drug-likeness (QED) is 0.543. The van der Waals surface area contributed by atoms with Gasteiger partial charge in [0.2, 0.25) is 5.91 Å². The van der Waals surface area contributed by atoms with Crippen LogP contribution >= 0.6 is 0 Å². The molecule has 0 heterocycles. The average Bonchev–Trinajstić information content (AvgIpc) is 2.24. The molecule has 0 aromatic rings. The lowest BCUT2D eigenvalue weighted by molar-refractivity contribution is -0.122. The Balaban J connectivity index is 3.54. The molecule has 0 aromatic heterocycles. The van der Waals surface area contributed by atoms with E-state index in [1.807, 2.05) is 6.92 Å². The van der Waals surface area contributed by atoms with Gasteiger partial charge in [0.1, 0.15) is 0 Å². The normalized spacial score (nSPS) is 14.9. The Hall–Kier alpha value is -0.650. The molecule has 5 heteroatoms. The number of carbonyl (C=O) groups is 1. The maximum absolute atomic E-state index is 11.0. The summed E-state index contributed by atoms with van der Waals surface area (Å²) in [6.45, 7) is 7.13. The molecule has 0 saturated heterocycles. The summed E-state index contributed by atoms with van der Waals surface area (Å²) in [6.07, 6.45) is 2.57. The zero-order chi connectivity index (χ0) is 13.3. The van der Waals surface area contributed by atoms with E-state index < -0.39 is 11.4 Å². The molecule has 17 heavy (non-hydrogen) atoms. The zero-order valence-corrected chi connectivity index (χ0v) is 11.4. The molecule has 0 aliphatic heterocycles. The maximum Gasteiger partial charge on any atom is 0.237 e. The lowest BCUT2D eigenvalue weighted by Crippen LogP contribution is -2.49. The van der Waals surface area contributed by atoms with Gasteiger partial charge >= 0.3 is 0 Å². The summed E-state index contributed by atoms with van der Waals surface area (Å²) < 4.78 is 5.27. The van der Waals surface area contributed by atoms with Gasteiger partial charge in [-0.05, 0) is 46.7 Å². The van der Waals surface area contributed by atoms with Crippen molar-refractivity contribution in [3.05, 3.63) is 0 Å². The van der Waals surface area contributed by atoms with Gasteiger partial charge in [-0.3, -0.25) is 4.79 Å². The molecular formula is C12H27N3O2. The monoisotopic (exact) mass is 245 g/mol. The Labute approximate surface area is 104 Å². The van der Waals surface area contributed by atoms with E-state index in [9.17, 15) is 4.79 Å². The molecular weight excluding hydrogens is 218 g/mol. The summed E-state index contributed by atoms with van der Waals surface area (Å²) in [4.78, 5) is 13.2. The van der Waals surface area contributed by atoms with Gasteiger partial charge in [0.15, 0.2) is 0 Å². The van der Waals surface area contributed by atoms with E-state index in [1.54, 1.807) is 6.92 Å². The first-order valence-electron chi connectivity index (χ1n) is 6.25. The van der Waals surface area contributed by atoms with Gasteiger partial charge in [-0.15, -0.1) is 0 Å². The second-order valence-corrected chi connectivity index (χ2v) is 4.74. The van der Waals surface area contributed by atoms with Crippen molar-refractivity contribution < 1.29 is 9.53 Å². The topological polar surface area (TPSA) is 81.6 Å². The molecule has 5 nitrogen and oxygen atoms in total. The van der Waals surface area contributed by atoms with E-state index in [0.29, 0.717) is 6.42 Å². The third-order valence-corrected chi connectivity index (χ3v) is 2.87. The van der Waals surface area contributed by atoms with Crippen molar-refractivity contribution in [1.29, 1.82) is 0 Å². The van der Waals surface area contributed by atoms with Crippen LogP contribution in [-0.4, -0.2) is 49.7 Å². The van der Waals surface area contributed by atoms with Crippen LogP contribution in [0.3, 0.4) is 0 Å². The molecule has 0 aliphatic carbocycles. The fourth-order valence-corrected chi connectivity index (χ4v) is 1.47. The number of hydrogen-bond donors (Lipinski definition) is 2. The predicted octanol–water partition coefficient (Wildman–Crippen LogP) is 0.328. The standard InChI is InChI=1S/C12H27N3O2/c1-4-17-10-9-15(3)8-6-5-7-12(2,14)11(13)16/h4-10,14H2,1-3H3,(H2,13,16). The second kappa shape index (κ2) is 8.44. The van der Waals surface area contributed by atoms with Gasteiger partial charge in [0, 0.05) is 13.2 Å². The number of nitrogens with two attached hydrogens (primary N) is 2. The van der Waals surface area contributed by atoms with Crippen LogP contribution in [0.1, 0.15) is 33.1 Å². The SMILES string of the molecule is CCOCCN(C)CCCCC(C)(N)C(N)=O. The van der Waals surface area contributed by atoms with Crippen LogP contribution in [0, 0.1) is 0 Å². The highest BCUT2D eigenvalue weighted by Gasteiger charge is 2.24. The summed E-state index contributed by atoms with van der Waals surface area (Å²) in [7, 11) is 2.06. The first-order valence-corrected chi connectivity index (χ1v) is 6.25. The summed E-state index contributed by atoms with van der Waals surface area (Å²) in [5, 5.41) is 0. The lowest BCUT2D eigenvalue weighted by atomic mass is 9.95. The molecule has 0 aliphatic rings. The van der Waals surface area contributed by atoms with Crippen LogP contribution in [0.25, 0.3) is 0 Å². The maximum atomic E-state index is 11.0. The highest BCUT2D eigenvalue weighted by molar-refractivity contribution is 5.83. The zero-order valence-electron chi connectivity index (χ0n) is 11.4. The number of carbonyl (C=O) groups excluding carboxylic acids is 1. The molecule has 0 saturated carbocycles. The minimum absolute atomic E-state index is 0.429. The Morgan fingerprint density at radius 1 is 1.35 bits per heavy atom. The van der Waals surface area contributed by atoms with Crippen molar-refractivity contribution in [2.45, 2.75) is 38.6 Å². The molecule has 0 fully saturated rings. The minimum Gasteiger partial charge on any atom is -0.380 e. The number of primary amides is 1. The number of unbranched alkanes of at least 4 members (excludes halogenated alkanes) is 1. The molecule has 102 valence electrons. The third kappa shape index (κ3) is 8.12. The van der Waals surface area contributed by atoms with E-state index >= 15 is 0 Å². The molecule has 1 unspecified atom stereocenters. The lowest BCUT2D eigenvalue weighted by Gasteiger charge is -2.21. The van der Waals surface area contributed by atoms with Crippen LogP contribution in [-0.2, 0) is 9.53 Å². The summed E-state index contributed by atoms with van der Waals surface area (Å²) in [5.41, 5.74) is 10.1. The number of likely N-dealkylation sites (N-methyl/N-ethyl adjacent to an activating group) is 1. The van der Waals surface area contributed by atoms with Gasteiger partial charge in [0.25, 0.3) is 0 Å². The molecule has 0 radical (unpaired) electrons. The van der Waals surface area contributed by atoms with Crippen LogP contribution in [0.4, 0.5) is 0 Å². The Kier molecular flexibility index (Phi) is 8.12. The Morgan fingerprint density at radius 3 is 2.53 bits per heavy atom. The van der Waals surface area contributed by atoms with Crippen molar-refractivity contribution in [3.8, 4) is 0 Å². The van der Waals surface area contributed by atoms with Gasteiger partial charge in [-0.2, -0.15) is 0 Å². The van der Waals surface area contributed by atoms with Gasteiger partial charge in [-0.1, -0.05) is 0 Å². The molecule has 1 amide bonds. The summed E-state index contributed by atoms with van der Waals surface area (Å²) >= 11 is 0. The predicted molar refractivity (Wildman–Crippen MR) is 69.6 cm³/mol. The first kappa shape index (κ1) is 16.4. The highest BCUT2D eigenvalue weighted by Crippen LogP contribution is 2.10. The van der Waals surface area contributed by atoms with Crippen molar-refractivity contribution in [2.24, 2.45) is 11.5 Å². The fourth-order valence-electron chi connectivity index (χ4n) is 1.47. The van der Waals surface area contributed by atoms with Crippen LogP contribution in [0.5, 0.6) is 0 Å². The first-order chi connectivity index (χ1) is 7.90. The van der Waals surface area contributed by atoms with E-state index in [0.717, 1.165) is 39.1 Å². The molecule has 0 aromatic carbocycles. The second-order valence-electron chi connectivity index (χ2n) is 4.74. The van der Waals surface area contributed by atoms with E-state index in [1.165, 1.54) is 0 Å². The van der Waals surface area contributed by atoms with E-state index in [2.05, 4.69) is 11.9 Å². The number of rotatable bonds is 10. The molecule has 1 atom stereocenters. The smallest absolute Gasteiger partial charge is 0.237 e. The molecule has 4 N–H and O–H groups in total. The van der Waals surface area contributed by atoms with Crippen molar-refractivity contribution in [1.82, 2.24) is 4.90 Å².